The van der Waals surface area contributed by atoms with Gasteiger partial charge in [-0.15, -0.1) is 11.3 Å². The molecule has 1 aliphatic heterocycles. The monoisotopic (exact) mass is 497 g/mol. The maximum atomic E-state index is 11.6. The summed E-state index contributed by atoms with van der Waals surface area (Å²) < 4.78 is 0. The summed E-state index contributed by atoms with van der Waals surface area (Å²) in [5, 5.41) is 24.5. The molecule has 0 amide bonds. The first-order chi connectivity index (χ1) is 16.4. The third kappa shape index (κ3) is 5.33. The van der Waals surface area contributed by atoms with Crippen molar-refractivity contribution in [2.75, 3.05) is 11.9 Å². The number of β-amino-alcohol motifs (C(OH)–C–C–N with tert-alkyl or cyclic N) is 1. The Morgan fingerprint density at radius 2 is 2.06 bits per heavy atom. The van der Waals surface area contributed by atoms with E-state index in [-0.39, 0.29) is 12.5 Å². The molecule has 178 valence electrons. The van der Waals surface area contributed by atoms with Crippen LogP contribution >= 0.6 is 22.9 Å². The Kier molecular flexibility index (Phi) is 7.68. The fraction of sp³-hybridized carbons (Fsp3) is 0.308. The SMILES string of the molecule is C/C=C\c1sc(CN2C[C@@H](O)C[C@H]2C(=O)O)nc1C(C)Nc1cccc(-c2ccccc2)c1Cl. The summed E-state index contributed by atoms with van der Waals surface area (Å²) >= 11 is 8.32. The lowest BCUT2D eigenvalue weighted by Crippen LogP contribution is -2.35. The number of nitrogens with one attached hydrogen (secondary N) is 1. The lowest BCUT2D eigenvalue weighted by molar-refractivity contribution is -0.142. The number of benzene rings is 2. The number of aliphatic carboxylic acids is 1. The van der Waals surface area contributed by atoms with Crippen LogP contribution in [0, 0.1) is 0 Å². The van der Waals surface area contributed by atoms with E-state index in [2.05, 4.69) is 5.32 Å². The number of aliphatic hydroxyl groups excluding tert-OH is 1. The number of hydrogen-bond donors (Lipinski definition) is 3. The van der Waals surface area contributed by atoms with Crippen molar-refractivity contribution in [1.29, 1.82) is 0 Å². The summed E-state index contributed by atoms with van der Waals surface area (Å²) in [4.78, 5) is 19.3. The quantitative estimate of drug-likeness (QED) is 0.370. The molecule has 0 saturated carbocycles. The highest BCUT2D eigenvalue weighted by Gasteiger charge is 2.36. The second-order valence-corrected chi connectivity index (χ2v) is 9.92. The highest BCUT2D eigenvalue weighted by molar-refractivity contribution is 7.12. The fourth-order valence-corrected chi connectivity index (χ4v) is 5.76. The first-order valence-corrected chi connectivity index (χ1v) is 12.4. The molecular formula is C26H28ClN3O3S. The number of carboxylic acid groups (broad SMARTS) is 1. The number of likely N-dealkylation sites (tertiary alicyclic amines) is 1. The average Bonchev–Trinajstić information content (AvgIpc) is 3.39. The molecular weight excluding hydrogens is 470 g/mol. The van der Waals surface area contributed by atoms with Gasteiger partial charge < -0.3 is 15.5 Å². The molecule has 1 fully saturated rings. The number of aliphatic hydroxyl groups is 1. The first kappa shape index (κ1) is 24.4. The van der Waals surface area contributed by atoms with Crippen LogP contribution in [0.15, 0.2) is 54.6 Å². The van der Waals surface area contributed by atoms with Crippen molar-refractivity contribution in [1.82, 2.24) is 9.88 Å². The van der Waals surface area contributed by atoms with Gasteiger partial charge in [0.25, 0.3) is 0 Å². The van der Waals surface area contributed by atoms with Gasteiger partial charge in [0.1, 0.15) is 11.0 Å². The third-order valence-electron chi connectivity index (χ3n) is 5.91. The normalized spacial score (nSPS) is 19.5. The highest BCUT2D eigenvalue weighted by atomic mass is 35.5. The van der Waals surface area contributed by atoms with Gasteiger partial charge >= 0.3 is 5.97 Å². The largest absolute Gasteiger partial charge is 0.480 e. The fourth-order valence-electron chi connectivity index (χ4n) is 4.31. The lowest BCUT2D eigenvalue weighted by atomic mass is 10.0. The standard InChI is InChI=1S/C26H28ClN3O3S/c1-3-8-22-25(29-23(34-22)15-30-14-18(31)13-21(30)26(32)33)16(2)28-20-12-7-11-19(24(20)27)17-9-5-4-6-10-17/h3-12,16,18,21,28,31H,13-15H2,1-2H3,(H,32,33)/b8-3-/t16?,18-,21-/m0/s1. The van der Waals surface area contributed by atoms with Gasteiger partial charge in [-0.1, -0.05) is 60.1 Å². The Hall–Kier alpha value is -2.71. The molecule has 0 bridgehead atoms. The predicted octanol–water partition coefficient (Wildman–Crippen LogP) is 5.69. The maximum absolute atomic E-state index is 11.6. The number of allylic oxidation sites excluding steroid dienone is 1. The summed E-state index contributed by atoms with van der Waals surface area (Å²) in [7, 11) is 0. The van der Waals surface area contributed by atoms with Crippen molar-refractivity contribution < 1.29 is 15.0 Å². The van der Waals surface area contributed by atoms with Gasteiger partial charge in [-0.2, -0.15) is 0 Å². The van der Waals surface area contributed by atoms with Crippen LogP contribution in [0.25, 0.3) is 17.2 Å². The van der Waals surface area contributed by atoms with Crippen molar-refractivity contribution in [2.24, 2.45) is 0 Å². The Balaban J connectivity index is 1.57. The molecule has 1 unspecified atom stereocenters. The topological polar surface area (TPSA) is 85.7 Å². The molecule has 34 heavy (non-hydrogen) atoms. The number of aromatic nitrogens is 1. The number of halogens is 1. The predicted molar refractivity (Wildman–Crippen MR) is 138 cm³/mol. The molecule has 3 N–H and O–H groups in total. The molecule has 2 heterocycles. The van der Waals surface area contributed by atoms with Crippen LogP contribution in [0.1, 0.15) is 41.9 Å². The van der Waals surface area contributed by atoms with E-state index in [0.29, 0.717) is 18.1 Å². The van der Waals surface area contributed by atoms with E-state index in [1.54, 1.807) is 16.2 Å². The van der Waals surface area contributed by atoms with Gasteiger partial charge in [0.15, 0.2) is 0 Å². The van der Waals surface area contributed by atoms with Crippen LogP contribution in [0.4, 0.5) is 5.69 Å². The molecule has 1 saturated heterocycles. The van der Waals surface area contributed by atoms with Crippen LogP contribution in [0.5, 0.6) is 0 Å². The Bertz CT molecular complexity index is 1180. The molecule has 0 spiro atoms. The third-order valence-corrected chi connectivity index (χ3v) is 7.34. The van der Waals surface area contributed by atoms with Gasteiger partial charge in [-0.3, -0.25) is 9.69 Å². The van der Waals surface area contributed by atoms with Crippen LogP contribution in [-0.4, -0.2) is 44.8 Å². The number of nitrogens with zero attached hydrogens (tertiary/aromatic N) is 2. The van der Waals surface area contributed by atoms with Crippen molar-refractivity contribution in [2.45, 2.75) is 45.0 Å². The number of carboxylic acids is 1. The smallest absolute Gasteiger partial charge is 0.321 e. The van der Waals surface area contributed by atoms with Crippen LogP contribution in [-0.2, 0) is 11.3 Å². The number of rotatable bonds is 8. The minimum Gasteiger partial charge on any atom is -0.480 e. The number of thiazole rings is 1. The number of carbonyl (C=O) groups is 1. The first-order valence-electron chi connectivity index (χ1n) is 11.2. The van der Waals surface area contributed by atoms with Crippen molar-refractivity contribution >= 4 is 40.7 Å². The van der Waals surface area contributed by atoms with E-state index in [9.17, 15) is 15.0 Å². The summed E-state index contributed by atoms with van der Waals surface area (Å²) in [5.41, 5.74) is 3.71. The lowest BCUT2D eigenvalue weighted by Gasteiger charge is -2.19. The van der Waals surface area contributed by atoms with E-state index in [4.69, 9.17) is 16.6 Å². The zero-order valence-electron chi connectivity index (χ0n) is 19.1. The minimum absolute atomic E-state index is 0.126. The van der Waals surface area contributed by atoms with Crippen LogP contribution in [0.2, 0.25) is 5.02 Å². The van der Waals surface area contributed by atoms with Gasteiger partial charge in [-0.05, 0) is 31.6 Å². The maximum Gasteiger partial charge on any atom is 0.321 e. The molecule has 3 atom stereocenters. The molecule has 1 aromatic heterocycles. The van der Waals surface area contributed by atoms with Gasteiger partial charge in [0, 0.05) is 18.5 Å². The molecule has 0 radical (unpaired) electrons. The van der Waals surface area contributed by atoms with Crippen LogP contribution in [0.3, 0.4) is 0 Å². The zero-order chi connectivity index (χ0) is 24.2. The van der Waals surface area contributed by atoms with Gasteiger partial charge in [0.2, 0.25) is 0 Å². The summed E-state index contributed by atoms with van der Waals surface area (Å²) in [6.07, 6.45) is 3.60. The van der Waals surface area contributed by atoms with E-state index in [1.807, 2.05) is 74.5 Å². The Labute approximate surface area is 208 Å². The molecule has 3 aromatic rings. The minimum atomic E-state index is -0.912. The second kappa shape index (κ2) is 10.7. The Morgan fingerprint density at radius 1 is 1.29 bits per heavy atom. The van der Waals surface area contributed by atoms with E-state index < -0.39 is 18.1 Å². The summed E-state index contributed by atoms with van der Waals surface area (Å²) in [6.45, 7) is 4.72. The average molecular weight is 498 g/mol. The van der Waals surface area contributed by atoms with Gasteiger partial charge in [-0.25, -0.2) is 4.98 Å². The second-order valence-electron chi connectivity index (χ2n) is 8.43. The number of anilines is 1. The molecule has 4 rings (SSSR count). The van der Waals surface area contributed by atoms with E-state index in [0.717, 1.165) is 32.4 Å². The van der Waals surface area contributed by atoms with Crippen molar-refractivity contribution in [3.05, 3.63) is 75.2 Å². The molecule has 0 aliphatic carbocycles. The summed E-state index contributed by atoms with van der Waals surface area (Å²) in [5.74, 6) is -0.912. The Morgan fingerprint density at radius 3 is 2.76 bits per heavy atom. The summed E-state index contributed by atoms with van der Waals surface area (Å²) in [6, 6.07) is 15.1. The number of hydrogen-bond acceptors (Lipinski definition) is 6. The van der Waals surface area contributed by atoms with Gasteiger partial charge in [0.05, 0.1) is 40.0 Å². The van der Waals surface area contributed by atoms with Crippen molar-refractivity contribution in [3.63, 3.8) is 0 Å². The highest BCUT2D eigenvalue weighted by Crippen LogP contribution is 2.36. The molecule has 2 aromatic carbocycles. The molecule has 6 nitrogen and oxygen atoms in total. The van der Waals surface area contributed by atoms with Crippen LogP contribution < -0.4 is 5.32 Å². The van der Waals surface area contributed by atoms with E-state index >= 15 is 0 Å². The molecule has 8 heteroatoms. The van der Waals surface area contributed by atoms with Crippen molar-refractivity contribution in [3.8, 4) is 11.1 Å². The zero-order valence-corrected chi connectivity index (χ0v) is 20.7. The van der Waals surface area contributed by atoms with E-state index in [1.165, 1.54) is 0 Å². The molecule has 1 aliphatic rings.